The van der Waals surface area contributed by atoms with E-state index >= 15 is 0 Å². The molecule has 1 amide bonds. The van der Waals surface area contributed by atoms with E-state index in [0.29, 0.717) is 0 Å². The van der Waals surface area contributed by atoms with Crippen molar-refractivity contribution in [1.29, 1.82) is 0 Å². The molecule has 8 heteroatoms. The second kappa shape index (κ2) is 4.57. The van der Waals surface area contributed by atoms with Gasteiger partial charge in [-0.05, 0) is 6.07 Å². The Kier molecular flexibility index (Phi) is 2.87. The number of carbonyl (C=O) groups is 1. The van der Waals surface area contributed by atoms with Crippen LogP contribution in [0.4, 0.5) is 0 Å². The molecule has 1 aliphatic heterocycles. The SMILES string of the molecule is Cn1cc(-c2cnn(C3=CC(=O)NS3=O)c2)ccc1=O. The van der Waals surface area contributed by atoms with Gasteiger partial charge in [-0.3, -0.25) is 14.3 Å². The summed E-state index contributed by atoms with van der Waals surface area (Å²) in [5, 5.41) is 4.37. The number of hydrogen-bond acceptors (Lipinski definition) is 4. The molecule has 3 heterocycles. The van der Waals surface area contributed by atoms with Crippen molar-refractivity contribution < 1.29 is 9.00 Å². The van der Waals surface area contributed by atoms with Gasteiger partial charge in [0, 0.05) is 42.7 Å². The third kappa shape index (κ3) is 2.10. The summed E-state index contributed by atoms with van der Waals surface area (Å²) in [5.74, 6) is -0.405. The van der Waals surface area contributed by atoms with E-state index in [4.69, 9.17) is 0 Å². The Balaban J connectivity index is 2.00. The van der Waals surface area contributed by atoms with Crippen molar-refractivity contribution in [2.75, 3.05) is 0 Å². The fourth-order valence-electron chi connectivity index (χ4n) is 1.85. The summed E-state index contributed by atoms with van der Waals surface area (Å²) >= 11 is 0. The van der Waals surface area contributed by atoms with Gasteiger partial charge in [0.25, 0.3) is 5.91 Å². The summed E-state index contributed by atoms with van der Waals surface area (Å²) in [5.41, 5.74) is 1.47. The molecule has 1 atom stereocenters. The van der Waals surface area contributed by atoms with Crippen LogP contribution < -0.4 is 10.3 Å². The van der Waals surface area contributed by atoms with Gasteiger partial charge in [0.2, 0.25) is 5.56 Å². The Hall–Kier alpha value is -2.48. The second-order valence-corrected chi connectivity index (χ2v) is 5.42. The minimum absolute atomic E-state index is 0.101. The van der Waals surface area contributed by atoms with Crippen LogP contribution in [-0.4, -0.2) is 24.5 Å². The molecule has 0 saturated heterocycles. The Morgan fingerprint density at radius 1 is 1.20 bits per heavy atom. The van der Waals surface area contributed by atoms with Gasteiger partial charge in [-0.1, -0.05) is 0 Å². The maximum Gasteiger partial charge on any atom is 0.258 e. The molecule has 0 fully saturated rings. The van der Waals surface area contributed by atoms with Gasteiger partial charge < -0.3 is 4.57 Å². The normalized spacial score (nSPS) is 17.9. The summed E-state index contributed by atoms with van der Waals surface area (Å²) in [6.45, 7) is 0. The van der Waals surface area contributed by atoms with E-state index in [1.807, 2.05) is 0 Å². The number of pyridine rings is 1. The fourth-order valence-corrected chi connectivity index (χ4v) is 2.68. The quantitative estimate of drug-likeness (QED) is 0.833. The standard InChI is InChI=1S/C12H10N4O3S/c1-15-6-8(2-3-11(15)18)9-5-13-16(7-9)12-4-10(17)14-20(12)19/h2-7H,1H3,(H,14,17). The lowest BCUT2D eigenvalue weighted by Gasteiger charge is -2.01. The Morgan fingerprint density at radius 2 is 2.00 bits per heavy atom. The zero-order valence-electron chi connectivity index (χ0n) is 10.4. The zero-order chi connectivity index (χ0) is 14.3. The molecule has 0 bridgehead atoms. The lowest BCUT2D eigenvalue weighted by Crippen LogP contribution is -2.17. The number of aryl methyl sites for hydroxylation is 1. The molecule has 0 spiro atoms. The van der Waals surface area contributed by atoms with Crippen molar-refractivity contribution in [3.63, 3.8) is 0 Å². The summed E-state index contributed by atoms with van der Waals surface area (Å²) in [6.07, 6.45) is 6.17. The van der Waals surface area contributed by atoms with Crippen LogP contribution in [0.5, 0.6) is 0 Å². The zero-order valence-corrected chi connectivity index (χ0v) is 11.3. The van der Waals surface area contributed by atoms with Crippen molar-refractivity contribution in [3.05, 3.63) is 47.2 Å². The van der Waals surface area contributed by atoms with Crippen molar-refractivity contribution >= 4 is 21.9 Å². The maximum absolute atomic E-state index is 11.6. The van der Waals surface area contributed by atoms with E-state index in [1.54, 1.807) is 31.7 Å². The predicted octanol–water partition coefficient (Wildman–Crippen LogP) is -0.159. The van der Waals surface area contributed by atoms with Crippen LogP contribution in [0.25, 0.3) is 16.2 Å². The molecule has 1 unspecified atom stereocenters. The first-order valence-corrected chi connectivity index (χ1v) is 6.86. The van der Waals surface area contributed by atoms with Gasteiger partial charge in [0.05, 0.1) is 6.20 Å². The molecular weight excluding hydrogens is 280 g/mol. The summed E-state index contributed by atoms with van der Waals surface area (Å²) in [6, 6.07) is 3.15. The van der Waals surface area contributed by atoms with Crippen molar-refractivity contribution in [3.8, 4) is 11.1 Å². The van der Waals surface area contributed by atoms with Gasteiger partial charge >= 0.3 is 0 Å². The topological polar surface area (TPSA) is 86.0 Å². The third-order valence-corrected chi connectivity index (χ3v) is 3.94. The largest absolute Gasteiger partial charge is 0.318 e. The van der Waals surface area contributed by atoms with E-state index < -0.39 is 16.9 Å². The van der Waals surface area contributed by atoms with Crippen molar-refractivity contribution in [2.24, 2.45) is 7.05 Å². The number of nitrogens with zero attached hydrogens (tertiary/aromatic N) is 3. The summed E-state index contributed by atoms with van der Waals surface area (Å²) in [7, 11) is 0.0741. The molecule has 7 nitrogen and oxygen atoms in total. The molecule has 20 heavy (non-hydrogen) atoms. The highest BCUT2D eigenvalue weighted by molar-refractivity contribution is 7.93. The Labute approximate surface area is 116 Å². The van der Waals surface area contributed by atoms with Crippen LogP contribution in [-0.2, 0) is 22.8 Å². The molecule has 0 saturated carbocycles. The molecule has 2 aromatic rings. The Bertz CT molecular complexity index is 818. The van der Waals surface area contributed by atoms with Crippen LogP contribution in [0.3, 0.4) is 0 Å². The molecule has 0 aliphatic carbocycles. The minimum atomic E-state index is -1.59. The lowest BCUT2D eigenvalue weighted by molar-refractivity contribution is -0.114. The van der Waals surface area contributed by atoms with Crippen LogP contribution >= 0.6 is 0 Å². The first-order chi connectivity index (χ1) is 9.54. The van der Waals surface area contributed by atoms with E-state index in [0.717, 1.165) is 11.1 Å². The smallest absolute Gasteiger partial charge is 0.258 e. The molecule has 1 N–H and O–H groups in total. The maximum atomic E-state index is 11.6. The highest BCUT2D eigenvalue weighted by Gasteiger charge is 2.21. The van der Waals surface area contributed by atoms with Crippen LogP contribution in [0.2, 0.25) is 0 Å². The number of nitrogens with one attached hydrogen (secondary N) is 1. The number of carbonyl (C=O) groups excluding carboxylic acids is 1. The van der Waals surface area contributed by atoms with Crippen LogP contribution in [0.1, 0.15) is 0 Å². The van der Waals surface area contributed by atoms with E-state index in [2.05, 4.69) is 9.82 Å². The average molecular weight is 290 g/mol. The number of rotatable bonds is 2. The fraction of sp³-hybridized carbons (Fsp3) is 0.0833. The van der Waals surface area contributed by atoms with E-state index in [-0.39, 0.29) is 10.6 Å². The van der Waals surface area contributed by atoms with Gasteiger partial charge in [0.15, 0.2) is 16.0 Å². The number of hydrogen-bond donors (Lipinski definition) is 1. The Morgan fingerprint density at radius 3 is 2.65 bits per heavy atom. The third-order valence-electron chi connectivity index (χ3n) is 2.87. The van der Waals surface area contributed by atoms with E-state index in [9.17, 15) is 13.8 Å². The monoisotopic (exact) mass is 290 g/mol. The summed E-state index contributed by atoms with van der Waals surface area (Å²) in [4.78, 5) is 22.5. The van der Waals surface area contributed by atoms with Crippen molar-refractivity contribution in [2.45, 2.75) is 0 Å². The highest BCUT2D eigenvalue weighted by Crippen LogP contribution is 2.20. The molecule has 102 valence electrons. The van der Waals surface area contributed by atoms with Gasteiger partial charge in [-0.15, -0.1) is 0 Å². The average Bonchev–Trinajstić information content (AvgIpc) is 2.99. The number of aromatic nitrogens is 3. The van der Waals surface area contributed by atoms with Gasteiger partial charge in [-0.25, -0.2) is 8.89 Å². The van der Waals surface area contributed by atoms with Crippen molar-refractivity contribution in [1.82, 2.24) is 19.1 Å². The number of amides is 1. The molecule has 0 radical (unpaired) electrons. The second-order valence-electron chi connectivity index (χ2n) is 4.26. The van der Waals surface area contributed by atoms with E-state index in [1.165, 1.54) is 21.4 Å². The first kappa shape index (κ1) is 12.5. The van der Waals surface area contributed by atoms with Crippen LogP contribution in [0, 0.1) is 0 Å². The van der Waals surface area contributed by atoms with Gasteiger partial charge in [0.1, 0.15) is 0 Å². The van der Waals surface area contributed by atoms with Gasteiger partial charge in [-0.2, -0.15) is 5.10 Å². The molecule has 1 aliphatic rings. The molecular formula is C12H10N4O3S. The molecule has 2 aromatic heterocycles. The lowest BCUT2D eigenvalue weighted by atomic mass is 10.2. The first-order valence-electron chi connectivity index (χ1n) is 5.71. The summed E-state index contributed by atoms with van der Waals surface area (Å²) < 4.78 is 16.7. The minimum Gasteiger partial charge on any atom is -0.318 e. The van der Waals surface area contributed by atoms with Crippen LogP contribution in [0.15, 0.2) is 41.6 Å². The predicted molar refractivity (Wildman–Crippen MR) is 73.5 cm³/mol. The highest BCUT2D eigenvalue weighted by atomic mass is 32.2. The molecule has 0 aromatic carbocycles. The molecule has 3 rings (SSSR count).